The van der Waals surface area contributed by atoms with Crippen LogP contribution in [0.5, 0.6) is 0 Å². The van der Waals surface area contributed by atoms with Gasteiger partial charge in [-0.1, -0.05) is 0 Å². The molecule has 0 saturated carbocycles. The molecule has 0 radical (unpaired) electrons. The molecule has 88 valence electrons. The highest BCUT2D eigenvalue weighted by Crippen LogP contribution is 2.24. The average molecular weight is 232 g/mol. The van der Waals surface area contributed by atoms with E-state index in [9.17, 15) is 4.79 Å². The van der Waals surface area contributed by atoms with Gasteiger partial charge in [-0.15, -0.1) is 0 Å². The third kappa shape index (κ3) is 1.61. The molecule has 0 saturated heterocycles. The summed E-state index contributed by atoms with van der Waals surface area (Å²) < 4.78 is 1.90. The number of rotatable bonds is 2. The van der Waals surface area contributed by atoms with E-state index in [0.717, 1.165) is 22.9 Å². The monoisotopic (exact) mass is 232 g/mol. The fraction of sp³-hybridized carbons (Fsp3) is 0.364. The number of imidazole rings is 1. The molecule has 1 aliphatic heterocycles. The van der Waals surface area contributed by atoms with Crippen molar-refractivity contribution in [2.24, 2.45) is 5.92 Å². The van der Waals surface area contributed by atoms with Crippen molar-refractivity contribution in [3.05, 3.63) is 23.8 Å². The van der Waals surface area contributed by atoms with Crippen molar-refractivity contribution < 1.29 is 9.90 Å². The quantitative estimate of drug-likeness (QED) is 0.803. The number of aryl methyl sites for hydroxylation is 1. The highest BCUT2D eigenvalue weighted by atomic mass is 16.4. The Morgan fingerprint density at radius 1 is 1.59 bits per heavy atom. The number of hydrogen-bond acceptors (Lipinski definition) is 3. The fourth-order valence-electron chi connectivity index (χ4n) is 2.14. The SMILES string of the molecule is Cc1cc(-c2cn3c(n2)CC(C(=O)O)C3)n[nH]1. The van der Waals surface area contributed by atoms with Gasteiger partial charge in [0.1, 0.15) is 17.2 Å². The van der Waals surface area contributed by atoms with Crippen LogP contribution in [-0.2, 0) is 17.8 Å². The molecule has 2 aromatic heterocycles. The topological polar surface area (TPSA) is 83.8 Å². The lowest BCUT2D eigenvalue weighted by atomic mass is 10.1. The summed E-state index contributed by atoms with van der Waals surface area (Å²) in [6, 6.07) is 1.92. The summed E-state index contributed by atoms with van der Waals surface area (Å²) in [6.07, 6.45) is 2.37. The zero-order valence-electron chi connectivity index (χ0n) is 9.34. The Morgan fingerprint density at radius 3 is 3.00 bits per heavy atom. The predicted octanol–water partition coefficient (Wildman–Crippen LogP) is 0.839. The minimum Gasteiger partial charge on any atom is -0.481 e. The van der Waals surface area contributed by atoms with Crippen molar-refractivity contribution in [3.8, 4) is 11.4 Å². The first kappa shape index (κ1) is 10.1. The number of nitrogens with one attached hydrogen (secondary N) is 1. The minimum atomic E-state index is -0.757. The van der Waals surface area contributed by atoms with Gasteiger partial charge < -0.3 is 9.67 Å². The molecule has 1 atom stereocenters. The highest BCUT2D eigenvalue weighted by Gasteiger charge is 2.29. The van der Waals surface area contributed by atoms with Gasteiger partial charge in [0, 0.05) is 24.9 Å². The van der Waals surface area contributed by atoms with Gasteiger partial charge in [-0.25, -0.2) is 4.98 Å². The van der Waals surface area contributed by atoms with E-state index in [0.29, 0.717) is 13.0 Å². The Hall–Kier alpha value is -2.11. The van der Waals surface area contributed by atoms with E-state index < -0.39 is 5.97 Å². The number of carbonyl (C=O) groups is 1. The zero-order chi connectivity index (χ0) is 12.0. The fourth-order valence-corrected chi connectivity index (χ4v) is 2.14. The first-order valence-electron chi connectivity index (χ1n) is 5.44. The molecule has 1 unspecified atom stereocenters. The average Bonchev–Trinajstić information content (AvgIpc) is 2.88. The van der Waals surface area contributed by atoms with Gasteiger partial charge in [0.2, 0.25) is 0 Å². The Balaban J connectivity index is 1.89. The lowest BCUT2D eigenvalue weighted by Gasteiger charge is -2.00. The molecule has 0 bridgehead atoms. The van der Waals surface area contributed by atoms with Crippen LogP contribution in [0, 0.1) is 12.8 Å². The molecule has 1 aliphatic rings. The van der Waals surface area contributed by atoms with Crippen LogP contribution >= 0.6 is 0 Å². The second-order valence-corrected chi connectivity index (χ2v) is 4.37. The molecule has 0 fully saturated rings. The van der Waals surface area contributed by atoms with Crippen LogP contribution in [0.25, 0.3) is 11.4 Å². The van der Waals surface area contributed by atoms with Crippen LogP contribution in [0.3, 0.4) is 0 Å². The van der Waals surface area contributed by atoms with Gasteiger partial charge in [-0.3, -0.25) is 9.89 Å². The molecule has 17 heavy (non-hydrogen) atoms. The number of hydrogen-bond donors (Lipinski definition) is 2. The number of fused-ring (bicyclic) bond motifs is 1. The lowest BCUT2D eigenvalue weighted by Crippen LogP contribution is -2.14. The maximum Gasteiger partial charge on any atom is 0.308 e. The molecule has 0 aromatic carbocycles. The number of aromatic nitrogens is 4. The molecule has 0 amide bonds. The molecule has 6 heteroatoms. The molecule has 3 rings (SSSR count). The second kappa shape index (κ2) is 3.44. The smallest absolute Gasteiger partial charge is 0.308 e. The van der Waals surface area contributed by atoms with Gasteiger partial charge in [-0.05, 0) is 13.0 Å². The van der Waals surface area contributed by atoms with Crippen LogP contribution in [0.15, 0.2) is 12.3 Å². The summed E-state index contributed by atoms with van der Waals surface area (Å²) in [6.45, 7) is 2.43. The van der Waals surface area contributed by atoms with Gasteiger partial charge in [0.15, 0.2) is 0 Å². The number of carboxylic acid groups (broad SMARTS) is 1. The Morgan fingerprint density at radius 2 is 2.41 bits per heavy atom. The van der Waals surface area contributed by atoms with E-state index in [1.54, 1.807) is 0 Å². The van der Waals surface area contributed by atoms with Crippen molar-refractivity contribution >= 4 is 5.97 Å². The first-order valence-corrected chi connectivity index (χ1v) is 5.44. The number of aliphatic carboxylic acids is 1. The third-order valence-electron chi connectivity index (χ3n) is 3.02. The Bertz CT molecular complexity index is 561. The Labute approximate surface area is 97.3 Å². The molecular formula is C11H12N4O2. The van der Waals surface area contributed by atoms with Gasteiger partial charge in [0.05, 0.1) is 5.92 Å². The van der Waals surface area contributed by atoms with Gasteiger partial charge in [0.25, 0.3) is 0 Å². The van der Waals surface area contributed by atoms with Crippen molar-refractivity contribution in [1.29, 1.82) is 0 Å². The minimum absolute atomic E-state index is 0.340. The normalized spacial score (nSPS) is 18.3. The molecule has 6 nitrogen and oxygen atoms in total. The summed E-state index contributed by atoms with van der Waals surface area (Å²) in [5, 5.41) is 15.9. The number of carboxylic acids is 1. The number of H-pyrrole nitrogens is 1. The molecule has 0 aliphatic carbocycles. The van der Waals surface area contributed by atoms with Crippen molar-refractivity contribution in [3.63, 3.8) is 0 Å². The van der Waals surface area contributed by atoms with Crippen molar-refractivity contribution in [2.45, 2.75) is 19.9 Å². The lowest BCUT2D eigenvalue weighted by molar-refractivity contribution is -0.141. The van der Waals surface area contributed by atoms with Crippen LogP contribution in [-0.4, -0.2) is 30.8 Å². The molecule has 2 N–H and O–H groups in total. The predicted molar refractivity (Wildman–Crippen MR) is 59.4 cm³/mol. The van der Waals surface area contributed by atoms with Crippen molar-refractivity contribution in [1.82, 2.24) is 19.7 Å². The molecular weight excluding hydrogens is 220 g/mol. The highest BCUT2D eigenvalue weighted by molar-refractivity contribution is 5.71. The number of nitrogens with zero attached hydrogens (tertiary/aromatic N) is 3. The van der Waals surface area contributed by atoms with Crippen LogP contribution in [0.4, 0.5) is 0 Å². The van der Waals surface area contributed by atoms with Gasteiger partial charge >= 0.3 is 5.97 Å². The maximum atomic E-state index is 10.9. The summed E-state index contributed by atoms with van der Waals surface area (Å²) >= 11 is 0. The Kier molecular flexibility index (Phi) is 2.04. The van der Waals surface area contributed by atoms with E-state index in [2.05, 4.69) is 15.2 Å². The van der Waals surface area contributed by atoms with E-state index in [1.807, 2.05) is 23.8 Å². The summed E-state index contributed by atoms with van der Waals surface area (Å²) in [4.78, 5) is 15.3. The van der Waals surface area contributed by atoms with Crippen LogP contribution in [0.2, 0.25) is 0 Å². The molecule has 0 spiro atoms. The van der Waals surface area contributed by atoms with E-state index >= 15 is 0 Å². The van der Waals surface area contributed by atoms with Crippen LogP contribution in [0.1, 0.15) is 11.5 Å². The zero-order valence-corrected chi connectivity index (χ0v) is 9.34. The number of aromatic amines is 1. The standard InChI is InChI=1S/C11H12N4O2/c1-6-2-8(14-13-6)9-5-15-4-7(11(16)17)3-10(15)12-9/h2,5,7H,3-4H2,1H3,(H,13,14)(H,16,17). The summed E-state index contributed by atoms with van der Waals surface area (Å²) in [7, 11) is 0. The maximum absolute atomic E-state index is 10.9. The van der Waals surface area contributed by atoms with E-state index in [4.69, 9.17) is 5.11 Å². The third-order valence-corrected chi connectivity index (χ3v) is 3.02. The first-order chi connectivity index (χ1) is 8.13. The van der Waals surface area contributed by atoms with E-state index in [1.165, 1.54) is 0 Å². The largest absolute Gasteiger partial charge is 0.481 e. The van der Waals surface area contributed by atoms with E-state index in [-0.39, 0.29) is 5.92 Å². The summed E-state index contributed by atoms with van der Waals surface area (Å²) in [5.74, 6) is -0.270. The van der Waals surface area contributed by atoms with Crippen molar-refractivity contribution in [2.75, 3.05) is 0 Å². The second-order valence-electron chi connectivity index (χ2n) is 4.37. The summed E-state index contributed by atoms with van der Waals surface area (Å²) in [5.41, 5.74) is 2.58. The molecule has 2 aromatic rings. The molecule has 3 heterocycles. The van der Waals surface area contributed by atoms with Crippen LogP contribution < -0.4 is 0 Å². The van der Waals surface area contributed by atoms with Gasteiger partial charge in [-0.2, -0.15) is 5.10 Å².